The van der Waals surface area contributed by atoms with Crippen molar-refractivity contribution in [1.82, 2.24) is 0 Å². The maximum absolute atomic E-state index is 12.3. The fourth-order valence-electron chi connectivity index (χ4n) is 2.93. The summed E-state index contributed by atoms with van der Waals surface area (Å²) in [4.78, 5) is 24.6. The molecule has 0 N–H and O–H groups in total. The van der Waals surface area contributed by atoms with Crippen molar-refractivity contribution in [3.05, 3.63) is 69.8 Å². The lowest BCUT2D eigenvalue weighted by Gasteiger charge is -2.07. The topological polar surface area (TPSA) is 34.1 Å². The first-order chi connectivity index (χ1) is 10.9. The van der Waals surface area contributed by atoms with Crippen LogP contribution in [0.3, 0.4) is 0 Å². The Labute approximate surface area is 138 Å². The molecule has 0 bridgehead atoms. The molecular formula is C21H24O2. The van der Waals surface area contributed by atoms with Crippen molar-refractivity contribution in [2.24, 2.45) is 0 Å². The third kappa shape index (κ3) is 4.38. The second-order valence-electron chi connectivity index (χ2n) is 6.34. The predicted octanol–water partition coefficient (Wildman–Crippen LogP) is 5.16. The zero-order chi connectivity index (χ0) is 17.0. The van der Waals surface area contributed by atoms with E-state index < -0.39 is 0 Å². The Morgan fingerprint density at radius 3 is 1.43 bits per heavy atom. The highest BCUT2D eigenvalue weighted by Crippen LogP contribution is 2.17. The molecule has 0 atom stereocenters. The van der Waals surface area contributed by atoms with Gasteiger partial charge in [-0.25, -0.2) is 0 Å². The summed E-state index contributed by atoms with van der Waals surface area (Å²) in [6.07, 6.45) is 1.43. The first-order valence-corrected chi connectivity index (χ1v) is 8.09. The van der Waals surface area contributed by atoms with Crippen molar-refractivity contribution in [3.8, 4) is 0 Å². The molecule has 0 unspecified atom stereocenters. The molecule has 0 spiro atoms. The maximum atomic E-state index is 12.3. The summed E-state index contributed by atoms with van der Waals surface area (Å²) in [6, 6.07) is 11.7. The Morgan fingerprint density at radius 1 is 0.696 bits per heavy atom. The van der Waals surface area contributed by atoms with Gasteiger partial charge >= 0.3 is 0 Å². The van der Waals surface area contributed by atoms with Crippen molar-refractivity contribution in [1.29, 1.82) is 0 Å². The normalized spacial score (nSPS) is 10.6. The first kappa shape index (κ1) is 17.1. The van der Waals surface area contributed by atoms with Gasteiger partial charge in [0.2, 0.25) is 0 Å². The predicted molar refractivity (Wildman–Crippen MR) is 94.3 cm³/mol. The third-order valence-corrected chi connectivity index (χ3v) is 4.17. The summed E-state index contributed by atoms with van der Waals surface area (Å²) in [5.74, 6) is 0.242. The summed E-state index contributed by atoms with van der Waals surface area (Å²) in [5.41, 5.74) is 5.88. The molecule has 2 nitrogen and oxygen atoms in total. The highest BCUT2D eigenvalue weighted by Gasteiger charge is 2.12. The van der Waals surface area contributed by atoms with Crippen LogP contribution in [0.5, 0.6) is 0 Å². The lowest BCUT2D eigenvalue weighted by Crippen LogP contribution is -2.06. The van der Waals surface area contributed by atoms with E-state index in [9.17, 15) is 9.59 Å². The summed E-state index contributed by atoms with van der Waals surface area (Å²) in [6.45, 7) is 7.95. The first-order valence-electron chi connectivity index (χ1n) is 8.09. The molecule has 2 aromatic rings. The summed E-state index contributed by atoms with van der Waals surface area (Å²) in [7, 11) is 0. The van der Waals surface area contributed by atoms with Crippen LogP contribution in [0.4, 0.5) is 0 Å². The number of aryl methyl sites for hydroxylation is 4. The zero-order valence-corrected chi connectivity index (χ0v) is 14.4. The smallest absolute Gasteiger partial charge is 0.163 e. The van der Waals surface area contributed by atoms with Gasteiger partial charge in [0, 0.05) is 24.0 Å². The van der Waals surface area contributed by atoms with E-state index >= 15 is 0 Å². The number of hydrogen-bond acceptors (Lipinski definition) is 2. The molecule has 120 valence electrons. The number of rotatable bonds is 6. The van der Waals surface area contributed by atoms with E-state index in [1.54, 1.807) is 0 Å². The Balaban J connectivity index is 1.94. The van der Waals surface area contributed by atoms with Crippen molar-refractivity contribution in [3.63, 3.8) is 0 Å². The highest BCUT2D eigenvalue weighted by atomic mass is 16.1. The largest absolute Gasteiger partial charge is 0.294 e. The van der Waals surface area contributed by atoms with Gasteiger partial charge in [0.1, 0.15) is 0 Å². The Hall–Kier alpha value is -2.22. The Kier molecular flexibility index (Phi) is 5.49. The van der Waals surface area contributed by atoms with Crippen LogP contribution < -0.4 is 0 Å². The Morgan fingerprint density at radius 2 is 1.09 bits per heavy atom. The molecule has 0 aliphatic heterocycles. The molecule has 2 heteroatoms. The molecule has 0 radical (unpaired) electrons. The van der Waals surface area contributed by atoms with E-state index in [1.807, 2.05) is 64.1 Å². The molecule has 0 saturated heterocycles. The van der Waals surface area contributed by atoms with Gasteiger partial charge in [-0.15, -0.1) is 0 Å². The second kappa shape index (κ2) is 7.36. The third-order valence-electron chi connectivity index (χ3n) is 4.17. The monoisotopic (exact) mass is 308 g/mol. The van der Waals surface area contributed by atoms with Gasteiger partial charge in [0.15, 0.2) is 11.6 Å². The molecule has 2 rings (SSSR count). The van der Waals surface area contributed by atoms with Gasteiger partial charge in [-0.1, -0.05) is 47.5 Å². The molecule has 0 aliphatic rings. The number of carbonyl (C=O) groups excluding carboxylic acids is 2. The van der Waals surface area contributed by atoms with Crippen LogP contribution in [0, 0.1) is 27.7 Å². The van der Waals surface area contributed by atoms with Gasteiger partial charge in [0.25, 0.3) is 0 Å². The summed E-state index contributed by atoms with van der Waals surface area (Å²) in [5, 5.41) is 0. The molecule has 2 aromatic carbocycles. The van der Waals surface area contributed by atoms with Crippen molar-refractivity contribution < 1.29 is 9.59 Å². The minimum atomic E-state index is 0.121. The van der Waals surface area contributed by atoms with Crippen LogP contribution in [0.25, 0.3) is 0 Å². The van der Waals surface area contributed by atoms with E-state index in [-0.39, 0.29) is 11.6 Å². The molecule has 0 heterocycles. The Bertz CT molecular complexity index is 678. The zero-order valence-electron chi connectivity index (χ0n) is 14.4. The van der Waals surface area contributed by atoms with Gasteiger partial charge in [-0.2, -0.15) is 0 Å². The second-order valence-corrected chi connectivity index (χ2v) is 6.34. The van der Waals surface area contributed by atoms with Crippen LogP contribution in [0.15, 0.2) is 36.4 Å². The molecule has 0 aliphatic carbocycles. The van der Waals surface area contributed by atoms with Crippen LogP contribution in [-0.4, -0.2) is 11.6 Å². The molecule has 23 heavy (non-hydrogen) atoms. The van der Waals surface area contributed by atoms with Gasteiger partial charge in [0.05, 0.1) is 0 Å². The number of carbonyl (C=O) groups is 2. The van der Waals surface area contributed by atoms with E-state index in [4.69, 9.17) is 0 Å². The van der Waals surface area contributed by atoms with Crippen molar-refractivity contribution >= 4 is 11.6 Å². The molecule has 0 amide bonds. The van der Waals surface area contributed by atoms with E-state index in [2.05, 4.69) is 0 Å². The summed E-state index contributed by atoms with van der Waals surface area (Å²) >= 11 is 0. The van der Waals surface area contributed by atoms with Crippen LogP contribution in [0.2, 0.25) is 0 Å². The minimum Gasteiger partial charge on any atom is -0.294 e. The van der Waals surface area contributed by atoms with Gasteiger partial charge in [-0.3, -0.25) is 9.59 Å². The minimum absolute atomic E-state index is 0.121. The average Bonchev–Trinajstić information content (AvgIpc) is 2.46. The molecular weight excluding hydrogens is 284 g/mol. The van der Waals surface area contributed by atoms with Crippen LogP contribution in [-0.2, 0) is 0 Å². The molecule has 0 saturated carbocycles. The lowest BCUT2D eigenvalue weighted by atomic mass is 9.96. The van der Waals surface area contributed by atoms with E-state index in [0.29, 0.717) is 19.3 Å². The van der Waals surface area contributed by atoms with Crippen molar-refractivity contribution in [2.75, 3.05) is 0 Å². The lowest BCUT2D eigenvalue weighted by molar-refractivity contribution is 0.0956. The fourth-order valence-corrected chi connectivity index (χ4v) is 2.93. The fraction of sp³-hybridized carbons (Fsp3) is 0.333. The number of ketones is 2. The number of Topliss-reactive ketones (excluding diaryl/α,β-unsaturated/α-hetero) is 2. The molecule has 0 aromatic heterocycles. The van der Waals surface area contributed by atoms with Gasteiger partial charge in [-0.05, 0) is 45.2 Å². The summed E-state index contributed by atoms with van der Waals surface area (Å²) < 4.78 is 0. The number of hydrogen-bond donors (Lipinski definition) is 0. The van der Waals surface area contributed by atoms with E-state index in [0.717, 1.165) is 33.4 Å². The standard InChI is InChI=1S/C21H24O2/c1-14-8-10-18(16(3)12-14)20(22)6-5-7-21(23)19-11-9-15(2)13-17(19)4/h8-13H,5-7H2,1-4H3. The van der Waals surface area contributed by atoms with E-state index in [1.165, 1.54) is 0 Å². The van der Waals surface area contributed by atoms with Crippen molar-refractivity contribution in [2.45, 2.75) is 47.0 Å². The highest BCUT2D eigenvalue weighted by molar-refractivity contribution is 5.99. The number of benzene rings is 2. The van der Waals surface area contributed by atoms with Gasteiger partial charge < -0.3 is 0 Å². The quantitative estimate of drug-likeness (QED) is 0.691. The average molecular weight is 308 g/mol. The molecule has 0 fully saturated rings. The SMILES string of the molecule is Cc1ccc(C(=O)CCCC(=O)c2ccc(C)cc2C)c(C)c1. The maximum Gasteiger partial charge on any atom is 0.163 e. The van der Waals surface area contributed by atoms with Crippen LogP contribution in [0.1, 0.15) is 62.2 Å². The van der Waals surface area contributed by atoms with Crippen LogP contribution >= 0.6 is 0 Å².